The Bertz CT molecular complexity index is 2730. The third-order valence-electron chi connectivity index (χ3n) is 10.3. The molecule has 1 aliphatic rings. The molecule has 0 saturated carbocycles. The van der Waals surface area contributed by atoms with E-state index in [-0.39, 0.29) is 5.41 Å². The maximum absolute atomic E-state index is 6.71. The molecule has 0 aliphatic heterocycles. The first-order valence-electron chi connectivity index (χ1n) is 16.5. The van der Waals surface area contributed by atoms with Gasteiger partial charge in [-0.1, -0.05) is 123 Å². The number of nitrogens with zero attached hydrogens (tertiary/aromatic N) is 1. The molecule has 0 bridgehead atoms. The van der Waals surface area contributed by atoms with Crippen LogP contribution in [0.15, 0.2) is 156 Å². The highest BCUT2D eigenvalue weighted by molar-refractivity contribution is 7.25. The van der Waals surface area contributed by atoms with Crippen molar-refractivity contribution in [3.8, 4) is 22.3 Å². The predicted molar refractivity (Wildman–Crippen MR) is 204 cm³/mol. The molecule has 7 aromatic carbocycles. The molecule has 0 atom stereocenters. The Kier molecular flexibility index (Phi) is 5.82. The molecule has 2 aromatic heterocycles. The van der Waals surface area contributed by atoms with E-state index in [0.717, 1.165) is 39.0 Å². The predicted octanol–water partition coefficient (Wildman–Crippen LogP) is 13.4. The summed E-state index contributed by atoms with van der Waals surface area (Å²) in [5, 5.41) is 4.84. The van der Waals surface area contributed by atoms with Gasteiger partial charge in [0.05, 0.1) is 11.4 Å². The first-order valence-corrected chi connectivity index (χ1v) is 17.3. The van der Waals surface area contributed by atoms with Gasteiger partial charge in [0, 0.05) is 47.6 Å². The highest BCUT2D eigenvalue weighted by Crippen LogP contribution is 2.52. The molecule has 0 spiro atoms. The minimum atomic E-state index is -0.125. The molecule has 0 saturated heterocycles. The second-order valence-corrected chi connectivity index (χ2v) is 14.4. The van der Waals surface area contributed by atoms with Crippen LogP contribution in [0, 0.1) is 0 Å². The summed E-state index contributed by atoms with van der Waals surface area (Å²) in [6, 6.07) is 55.1. The standard InChI is InChI=1S/C45H31NOS/c1-45(2)36-19-7-3-13-29(36)30-26-25-28(27-37(30)45)46(39-21-11-18-34-32-15-5-9-22-40(32)47-44(34)39)38-20-8-4-14-31(38)33-17-12-24-42-43(33)35-16-6-10-23-41(35)48-42/h3-27H,1-2H3. The van der Waals surface area contributed by atoms with E-state index >= 15 is 0 Å². The van der Waals surface area contributed by atoms with Gasteiger partial charge in [0.2, 0.25) is 0 Å². The molecule has 48 heavy (non-hydrogen) atoms. The molecule has 0 radical (unpaired) electrons. The van der Waals surface area contributed by atoms with E-state index in [1.165, 1.54) is 53.6 Å². The Morgan fingerprint density at radius 2 is 1.15 bits per heavy atom. The first kappa shape index (κ1) is 27.5. The van der Waals surface area contributed by atoms with E-state index in [2.05, 4.69) is 164 Å². The smallest absolute Gasteiger partial charge is 0.159 e. The summed E-state index contributed by atoms with van der Waals surface area (Å²) in [6.45, 7) is 4.70. The third kappa shape index (κ3) is 3.85. The second-order valence-electron chi connectivity index (χ2n) is 13.3. The minimum absolute atomic E-state index is 0.125. The summed E-state index contributed by atoms with van der Waals surface area (Å²) in [4.78, 5) is 2.42. The van der Waals surface area contributed by atoms with Crippen molar-refractivity contribution >= 4 is 70.5 Å². The van der Waals surface area contributed by atoms with Gasteiger partial charge in [0.1, 0.15) is 5.58 Å². The van der Waals surface area contributed by atoms with E-state index in [0.29, 0.717) is 0 Å². The van der Waals surface area contributed by atoms with Crippen LogP contribution < -0.4 is 4.90 Å². The van der Waals surface area contributed by atoms with Crippen LogP contribution in [-0.2, 0) is 5.41 Å². The van der Waals surface area contributed by atoms with E-state index in [1.807, 2.05) is 17.4 Å². The van der Waals surface area contributed by atoms with Crippen molar-refractivity contribution in [1.82, 2.24) is 0 Å². The van der Waals surface area contributed by atoms with Crippen LogP contribution in [0.3, 0.4) is 0 Å². The van der Waals surface area contributed by atoms with E-state index < -0.39 is 0 Å². The van der Waals surface area contributed by atoms with Gasteiger partial charge in [-0.25, -0.2) is 0 Å². The number of fused-ring (bicyclic) bond motifs is 9. The quantitative estimate of drug-likeness (QED) is 0.192. The number of para-hydroxylation sites is 3. The Morgan fingerprint density at radius 1 is 0.500 bits per heavy atom. The summed E-state index contributed by atoms with van der Waals surface area (Å²) in [6.07, 6.45) is 0. The summed E-state index contributed by atoms with van der Waals surface area (Å²) in [5.74, 6) is 0. The molecule has 0 amide bonds. The van der Waals surface area contributed by atoms with E-state index in [4.69, 9.17) is 4.42 Å². The molecule has 0 N–H and O–H groups in total. The van der Waals surface area contributed by atoms with Crippen LogP contribution in [0.2, 0.25) is 0 Å². The molecule has 2 heterocycles. The normalized spacial score (nSPS) is 13.4. The molecular formula is C45H31NOS. The number of thiophene rings is 1. The number of furan rings is 1. The van der Waals surface area contributed by atoms with Crippen LogP contribution in [0.1, 0.15) is 25.0 Å². The average molecular weight is 634 g/mol. The summed E-state index contributed by atoms with van der Waals surface area (Å²) in [5.41, 5.74) is 12.7. The zero-order valence-electron chi connectivity index (χ0n) is 26.7. The van der Waals surface area contributed by atoms with Crippen molar-refractivity contribution in [2.75, 3.05) is 4.90 Å². The summed E-state index contributed by atoms with van der Waals surface area (Å²) >= 11 is 1.86. The fourth-order valence-corrected chi connectivity index (χ4v) is 9.18. The zero-order chi connectivity index (χ0) is 32.0. The maximum Gasteiger partial charge on any atom is 0.159 e. The minimum Gasteiger partial charge on any atom is -0.454 e. The lowest BCUT2D eigenvalue weighted by molar-refractivity contribution is 0.660. The molecule has 2 nitrogen and oxygen atoms in total. The SMILES string of the molecule is CC1(C)c2ccccc2-c2ccc(N(c3ccccc3-c3cccc4sc5ccccc5c34)c3cccc4c3oc3ccccc34)cc21. The number of hydrogen-bond donors (Lipinski definition) is 0. The van der Waals surface area contributed by atoms with Crippen molar-refractivity contribution in [3.63, 3.8) is 0 Å². The zero-order valence-corrected chi connectivity index (χ0v) is 27.5. The van der Waals surface area contributed by atoms with Crippen LogP contribution in [0.25, 0.3) is 64.4 Å². The molecule has 1 aliphatic carbocycles. The van der Waals surface area contributed by atoms with Crippen molar-refractivity contribution in [3.05, 3.63) is 163 Å². The summed E-state index contributed by atoms with van der Waals surface area (Å²) in [7, 11) is 0. The molecule has 10 rings (SSSR count). The maximum atomic E-state index is 6.71. The highest BCUT2D eigenvalue weighted by atomic mass is 32.1. The van der Waals surface area contributed by atoms with Crippen LogP contribution in [0.4, 0.5) is 17.1 Å². The van der Waals surface area contributed by atoms with Crippen LogP contribution in [-0.4, -0.2) is 0 Å². The number of anilines is 3. The largest absolute Gasteiger partial charge is 0.454 e. The fourth-order valence-electron chi connectivity index (χ4n) is 8.04. The Balaban J connectivity index is 1.28. The van der Waals surface area contributed by atoms with Gasteiger partial charge in [0.25, 0.3) is 0 Å². The number of rotatable bonds is 4. The van der Waals surface area contributed by atoms with Crippen molar-refractivity contribution < 1.29 is 4.42 Å². The highest BCUT2D eigenvalue weighted by Gasteiger charge is 2.36. The summed E-state index contributed by atoms with van der Waals surface area (Å²) < 4.78 is 9.32. The van der Waals surface area contributed by atoms with Crippen molar-refractivity contribution in [1.29, 1.82) is 0 Å². The number of benzene rings is 7. The van der Waals surface area contributed by atoms with E-state index in [9.17, 15) is 0 Å². The molecule has 0 fully saturated rings. The third-order valence-corrected chi connectivity index (χ3v) is 11.4. The Hall–Kier alpha value is -5.64. The fraction of sp³-hybridized carbons (Fsp3) is 0.0667. The molecule has 9 aromatic rings. The van der Waals surface area contributed by atoms with E-state index in [1.54, 1.807) is 0 Å². The lowest BCUT2D eigenvalue weighted by atomic mass is 9.82. The first-order chi connectivity index (χ1) is 23.6. The van der Waals surface area contributed by atoms with Gasteiger partial charge in [-0.2, -0.15) is 0 Å². The lowest BCUT2D eigenvalue weighted by Gasteiger charge is -2.30. The van der Waals surface area contributed by atoms with Crippen LogP contribution in [0.5, 0.6) is 0 Å². The van der Waals surface area contributed by atoms with Crippen molar-refractivity contribution in [2.45, 2.75) is 19.3 Å². The van der Waals surface area contributed by atoms with Gasteiger partial charge in [-0.3, -0.25) is 0 Å². The van der Waals surface area contributed by atoms with Crippen molar-refractivity contribution in [2.24, 2.45) is 0 Å². The molecule has 3 heteroatoms. The Labute approximate surface area is 283 Å². The lowest BCUT2D eigenvalue weighted by Crippen LogP contribution is -2.17. The average Bonchev–Trinajstić information content (AvgIpc) is 3.77. The Morgan fingerprint density at radius 3 is 2.06 bits per heavy atom. The molecular weight excluding hydrogens is 603 g/mol. The molecule has 0 unspecified atom stereocenters. The van der Waals surface area contributed by atoms with Gasteiger partial charge >= 0.3 is 0 Å². The van der Waals surface area contributed by atoms with Gasteiger partial charge in [-0.05, 0) is 70.3 Å². The van der Waals surface area contributed by atoms with Crippen LogP contribution >= 0.6 is 11.3 Å². The topological polar surface area (TPSA) is 16.4 Å². The van der Waals surface area contributed by atoms with Gasteiger partial charge in [0.15, 0.2) is 5.58 Å². The number of hydrogen-bond acceptors (Lipinski definition) is 3. The van der Waals surface area contributed by atoms with Gasteiger partial charge in [-0.15, -0.1) is 11.3 Å². The monoisotopic (exact) mass is 633 g/mol. The molecule has 228 valence electrons. The second kappa shape index (κ2) is 10.2. The van der Waals surface area contributed by atoms with Gasteiger partial charge < -0.3 is 9.32 Å².